The summed E-state index contributed by atoms with van der Waals surface area (Å²) in [6.07, 6.45) is 4.24. The largest absolute Gasteiger partial charge is 0.339 e. The molecule has 94 valence electrons. The Balaban J connectivity index is 1.72. The zero-order chi connectivity index (χ0) is 12.3. The van der Waals surface area contributed by atoms with Crippen molar-refractivity contribution in [1.29, 1.82) is 0 Å². The van der Waals surface area contributed by atoms with Gasteiger partial charge in [-0.2, -0.15) is 5.10 Å². The minimum absolute atomic E-state index is 0.200. The molecule has 0 spiro atoms. The SMILES string of the molecule is CCN(C(=O)CNCc1ccn(C)n1)C1CC1. The lowest BCUT2D eigenvalue weighted by Gasteiger charge is -2.20. The van der Waals surface area contributed by atoms with E-state index in [0.717, 1.165) is 12.2 Å². The first-order chi connectivity index (χ1) is 8.20. The monoisotopic (exact) mass is 236 g/mol. The highest BCUT2D eigenvalue weighted by Crippen LogP contribution is 2.26. The average Bonchev–Trinajstić information content (AvgIpc) is 3.04. The maximum absolute atomic E-state index is 11.9. The van der Waals surface area contributed by atoms with Gasteiger partial charge in [-0.05, 0) is 25.8 Å². The maximum Gasteiger partial charge on any atom is 0.236 e. The highest BCUT2D eigenvalue weighted by Gasteiger charge is 2.30. The van der Waals surface area contributed by atoms with Crippen LogP contribution in [-0.4, -0.2) is 39.7 Å². The van der Waals surface area contributed by atoms with Crippen LogP contribution in [0.1, 0.15) is 25.5 Å². The third kappa shape index (κ3) is 3.30. The Hall–Kier alpha value is -1.36. The van der Waals surface area contributed by atoms with Crippen LogP contribution in [-0.2, 0) is 18.4 Å². The van der Waals surface area contributed by atoms with Crippen molar-refractivity contribution >= 4 is 5.91 Å². The Labute approximate surface area is 102 Å². The summed E-state index contributed by atoms with van der Waals surface area (Å²) in [6, 6.07) is 2.46. The van der Waals surface area contributed by atoms with E-state index in [1.807, 2.05) is 31.1 Å². The van der Waals surface area contributed by atoms with Gasteiger partial charge >= 0.3 is 0 Å². The standard InChI is InChI=1S/C12H20N4O/c1-3-16(11-4-5-11)12(17)9-13-8-10-6-7-15(2)14-10/h6-7,11,13H,3-5,8-9H2,1-2H3. The lowest BCUT2D eigenvalue weighted by atomic mass is 10.4. The number of amides is 1. The van der Waals surface area contributed by atoms with Gasteiger partial charge in [0.1, 0.15) is 0 Å². The van der Waals surface area contributed by atoms with Gasteiger partial charge in [-0.25, -0.2) is 0 Å². The first-order valence-corrected chi connectivity index (χ1v) is 6.19. The van der Waals surface area contributed by atoms with Crippen molar-refractivity contribution in [3.8, 4) is 0 Å². The molecule has 5 nitrogen and oxygen atoms in total. The lowest BCUT2D eigenvalue weighted by molar-refractivity contribution is -0.130. The van der Waals surface area contributed by atoms with E-state index >= 15 is 0 Å². The first-order valence-electron chi connectivity index (χ1n) is 6.19. The number of aryl methyl sites for hydroxylation is 1. The Morgan fingerprint density at radius 2 is 2.41 bits per heavy atom. The quantitative estimate of drug-likeness (QED) is 0.783. The van der Waals surface area contributed by atoms with Gasteiger partial charge in [-0.15, -0.1) is 0 Å². The zero-order valence-corrected chi connectivity index (χ0v) is 10.5. The Bertz CT molecular complexity index is 384. The lowest BCUT2D eigenvalue weighted by Crippen LogP contribution is -2.39. The van der Waals surface area contributed by atoms with Gasteiger partial charge in [0.2, 0.25) is 5.91 Å². The molecule has 0 bridgehead atoms. The molecule has 1 amide bonds. The molecule has 1 aromatic heterocycles. The van der Waals surface area contributed by atoms with Gasteiger partial charge in [-0.1, -0.05) is 0 Å². The molecule has 0 aliphatic heterocycles. The summed E-state index contributed by atoms with van der Waals surface area (Å²) in [4.78, 5) is 13.9. The number of carbonyl (C=O) groups excluding carboxylic acids is 1. The summed E-state index contributed by atoms with van der Waals surface area (Å²) in [7, 11) is 1.89. The fraction of sp³-hybridized carbons (Fsp3) is 0.667. The third-order valence-electron chi connectivity index (χ3n) is 3.00. The molecule has 1 heterocycles. The number of nitrogens with zero attached hydrogens (tertiary/aromatic N) is 3. The summed E-state index contributed by atoms with van der Waals surface area (Å²) in [5, 5.41) is 7.39. The normalized spacial score (nSPS) is 14.9. The van der Waals surface area contributed by atoms with E-state index in [1.165, 1.54) is 12.8 Å². The molecule has 5 heteroatoms. The summed E-state index contributed by atoms with van der Waals surface area (Å²) in [6.45, 7) is 3.90. The second-order valence-electron chi connectivity index (χ2n) is 4.50. The van der Waals surface area contributed by atoms with E-state index in [4.69, 9.17) is 0 Å². The van der Waals surface area contributed by atoms with E-state index in [9.17, 15) is 4.79 Å². The molecule has 0 aromatic carbocycles. The fourth-order valence-electron chi connectivity index (χ4n) is 1.98. The van der Waals surface area contributed by atoms with E-state index in [-0.39, 0.29) is 5.91 Å². The van der Waals surface area contributed by atoms with Crippen molar-refractivity contribution in [2.24, 2.45) is 7.05 Å². The molecule has 1 aromatic rings. The second kappa shape index (κ2) is 5.31. The van der Waals surface area contributed by atoms with Gasteiger partial charge in [0.05, 0.1) is 12.2 Å². The van der Waals surface area contributed by atoms with Crippen LogP contribution in [0.15, 0.2) is 12.3 Å². The van der Waals surface area contributed by atoms with E-state index < -0.39 is 0 Å². The molecule has 17 heavy (non-hydrogen) atoms. The molecule has 1 saturated carbocycles. The molecule has 1 aliphatic rings. The zero-order valence-electron chi connectivity index (χ0n) is 10.5. The van der Waals surface area contributed by atoms with Crippen LogP contribution in [0.5, 0.6) is 0 Å². The summed E-state index contributed by atoms with van der Waals surface area (Å²) in [5.41, 5.74) is 0.967. The van der Waals surface area contributed by atoms with E-state index in [2.05, 4.69) is 10.4 Å². The Morgan fingerprint density at radius 1 is 1.65 bits per heavy atom. The predicted octanol–water partition coefficient (Wildman–Crippen LogP) is 0.521. The van der Waals surface area contributed by atoms with Crippen molar-refractivity contribution in [3.63, 3.8) is 0 Å². The molecule has 0 atom stereocenters. The Kier molecular flexibility index (Phi) is 3.78. The van der Waals surface area contributed by atoms with Crippen LogP contribution < -0.4 is 5.32 Å². The highest BCUT2D eigenvalue weighted by molar-refractivity contribution is 5.78. The number of aromatic nitrogens is 2. The number of likely N-dealkylation sites (N-methyl/N-ethyl adjacent to an activating group) is 1. The Morgan fingerprint density at radius 3 is 2.94 bits per heavy atom. The predicted molar refractivity (Wildman–Crippen MR) is 65.3 cm³/mol. The number of rotatable bonds is 6. The molecule has 2 rings (SSSR count). The first kappa shape index (κ1) is 12.1. The minimum Gasteiger partial charge on any atom is -0.339 e. The summed E-state index contributed by atoms with van der Waals surface area (Å²) >= 11 is 0. The van der Waals surface area contributed by atoms with E-state index in [1.54, 1.807) is 4.68 Å². The maximum atomic E-state index is 11.9. The van der Waals surface area contributed by atoms with Gasteiger partial charge in [0.15, 0.2) is 0 Å². The van der Waals surface area contributed by atoms with Crippen molar-refractivity contribution < 1.29 is 4.79 Å². The number of hydrogen-bond acceptors (Lipinski definition) is 3. The number of hydrogen-bond donors (Lipinski definition) is 1. The van der Waals surface area contributed by atoms with Gasteiger partial charge in [0.25, 0.3) is 0 Å². The van der Waals surface area contributed by atoms with Crippen LogP contribution >= 0.6 is 0 Å². The van der Waals surface area contributed by atoms with Crippen molar-refractivity contribution in [2.75, 3.05) is 13.1 Å². The number of nitrogens with one attached hydrogen (secondary N) is 1. The van der Waals surface area contributed by atoms with Crippen molar-refractivity contribution in [1.82, 2.24) is 20.0 Å². The van der Waals surface area contributed by atoms with Gasteiger partial charge in [0, 0.05) is 32.4 Å². The van der Waals surface area contributed by atoms with Crippen LogP contribution in [0, 0.1) is 0 Å². The van der Waals surface area contributed by atoms with E-state index in [0.29, 0.717) is 19.1 Å². The van der Waals surface area contributed by atoms with Crippen LogP contribution in [0.2, 0.25) is 0 Å². The van der Waals surface area contributed by atoms with Crippen LogP contribution in [0.3, 0.4) is 0 Å². The molecule has 0 unspecified atom stereocenters. The minimum atomic E-state index is 0.200. The van der Waals surface area contributed by atoms with Crippen molar-refractivity contribution in [3.05, 3.63) is 18.0 Å². The number of carbonyl (C=O) groups is 1. The van der Waals surface area contributed by atoms with Gasteiger partial charge < -0.3 is 10.2 Å². The summed E-state index contributed by atoms with van der Waals surface area (Å²) < 4.78 is 1.77. The second-order valence-corrected chi connectivity index (χ2v) is 4.50. The molecular weight excluding hydrogens is 216 g/mol. The van der Waals surface area contributed by atoms with Crippen LogP contribution in [0.25, 0.3) is 0 Å². The topological polar surface area (TPSA) is 50.2 Å². The molecule has 1 aliphatic carbocycles. The molecule has 1 N–H and O–H groups in total. The molecular formula is C12H20N4O. The van der Waals surface area contributed by atoms with Gasteiger partial charge in [-0.3, -0.25) is 9.48 Å². The fourth-order valence-corrected chi connectivity index (χ4v) is 1.98. The molecule has 0 saturated heterocycles. The molecule has 1 fully saturated rings. The highest BCUT2D eigenvalue weighted by atomic mass is 16.2. The van der Waals surface area contributed by atoms with Crippen molar-refractivity contribution in [2.45, 2.75) is 32.4 Å². The smallest absolute Gasteiger partial charge is 0.236 e. The third-order valence-corrected chi connectivity index (χ3v) is 3.00. The van der Waals surface area contributed by atoms with Crippen LogP contribution in [0.4, 0.5) is 0 Å². The summed E-state index contributed by atoms with van der Waals surface area (Å²) in [5.74, 6) is 0.200. The molecule has 0 radical (unpaired) electrons. The average molecular weight is 236 g/mol.